The zero-order valence-corrected chi connectivity index (χ0v) is 21.6. The zero-order chi connectivity index (χ0) is 25.2. The maximum atomic E-state index is 12.9. The summed E-state index contributed by atoms with van der Waals surface area (Å²) in [7, 11) is -3.50. The molecule has 0 spiro atoms. The molecule has 2 aromatic carbocycles. The van der Waals surface area contributed by atoms with Crippen LogP contribution in [0.5, 0.6) is 0 Å². The Kier molecular flexibility index (Phi) is 8.32. The predicted molar refractivity (Wildman–Crippen MR) is 134 cm³/mol. The van der Waals surface area contributed by atoms with Crippen LogP contribution in [0.25, 0.3) is 0 Å². The van der Waals surface area contributed by atoms with Crippen molar-refractivity contribution < 1.29 is 23.1 Å². The van der Waals surface area contributed by atoms with E-state index >= 15 is 0 Å². The fourth-order valence-electron chi connectivity index (χ4n) is 5.10. The molecule has 0 aliphatic carbocycles. The summed E-state index contributed by atoms with van der Waals surface area (Å²) in [5, 5.41) is 12.6. The summed E-state index contributed by atoms with van der Waals surface area (Å²) in [6.45, 7) is 3.80. The number of piperidine rings is 1. The molecule has 34 heavy (non-hydrogen) atoms. The molecular weight excluding hydrogens is 497 g/mol. The number of carbonyl (C=O) groups is 2. The van der Waals surface area contributed by atoms with Gasteiger partial charge in [0.1, 0.15) is 0 Å². The summed E-state index contributed by atoms with van der Waals surface area (Å²) in [6.07, 6.45) is 1.28. The maximum Gasteiger partial charge on any atom is 0.304 e. The van der Waals surface area contributed by atoms with Crippen molar-refractivity contribution in [2.24, 2.45) is 17.8 Å². The Labute approximate surface area is 210 Å². The van der Waals surface area contributed by atoms with Crippen LogP contribution in [0.1, 0.15) is 49.0 Å². The van der Waals surface area contributed by atoms with E-state index < -0.39 is 33.0 Å². The van der Waals surface area contributed by atoms with Crippen molar-refractivity contribution in [3.63, 3.8) is 0 Å². The Hall–Kier alpha value is -2.09. The van der Waals surface area contributed by atoms with E-state index in [9.17, 15) is 23.1 Å². The summed E-state index contributed by atoms with van der Waals surface area (Å²) < 4.78 is 25.8. The SMILES string of the molecule is CC(C(C)[C@@H]1NC(=O)[C@@H](CC(=O)O)C[C@@H]1c1cccc(Cl)c1)C(c1ccc(Cl)cc1)S(C)(=O)=O. The number of halogens is 2. The molecule has 3 rings (SSSR count). The lowest BCUT2D eigenvalue weighted by molar-refractivity contribution is -0.142. The van der Waals surface area contributed by atoms with Gasteiger partial charge in [-0.3, -0.25) is 9.59 Å². The molecule has 6 atom stereocenters. The fourth-order valence-corrected chi connectivity index (χ4v) is 7.11. The Morgan fingerprint density at radius 1 is 1.12 bits per heavy atom. The zero-order valence-electron chi connectivity index (χ0n) is 19.2. The average Bonchev–Trinajstić information content (AvgIpc) is 2.74. The van der Waals surface area contributed by atoms with Gasteiger partial charge in [-0.1, -0.05) is 61.3 Å². The number of sulfone groups is 1. The number of nitrogens with one attached hydrogen (secondary N) is 1. The van der Waals surface area contributed by atoms with Gasteiger partial charge in [-0.05, 0) is 53.6 Å². The number of carbonyl (C=O) groups excluding carboxylic acids is 1. The monoisotopic (exact) mass is 525 g/mol. The van der Waals surface area contributed by atoms with Gasteiger partial charge in [0.15, 0.2) is 9.84 Å². The number of aliphatic carboxylic acids is 1. The first-order chi connectivity index (χ1) is 15.9. The molecule has 2 aromatic rings. The minimum atomic E-state index is -3.50. The molecular formula is C25H29Cl2NO5S. The van der Waals surface area contributed by atoms with Crippen LogP contribution in [-0.4, -0.2) is 37.7 Å². The molecule has 1 heterocycles. The number of carboxylic acids is 1. The lowest BCUT2D eigenvalue weighted by Gasteiger charge is -2.43. The van der Waals surface area contributed by atoms with Crippen molar-refractivity contribution in [1.29, 1.82) is 0 Å². The Balaban J connectivity index is 1.99. The Bertz CT molecular complexity index is 1150. The van der Waals surface area contributed by atoms with Crippen LogP contribution in [0.15, 0.2) is 48.5 Å². The molecule has 9 heteroatoms. The van der Waals surface area contributed by atoms with Crippen LogP contribution in [0.3, 0.4) is 0 Å². The van der Waals surface area contributed by atoms with Crippen LogP contribution >= 0.6 is 23.2 Å². The number of rotatable bonds is 8. The van der Waals surface area contributed by atoms with Gasteiger partial charge in [0.25, 0.3) is 0 Å². The molecule has 184 valence electrons. The average molecular weight is 526 g/mol. The number of carboxylic acid groups (broad SMARTS) is 1. The Morgan fingerprint density at radius 2 is 1.76 bits per heavy atom. The van der Waals surface area contributed by atoms with E-state index in [-0.39, 0.29) is 30.1 Å². The van der Waals surface area contributed by atoms with Gasteiger partial charge in [0.2, 0.25) is 5.91 Å². The number of amides is 1. The first kappa shape index (κ1) is 26.5. The molecule has 0 saturated carbocycles. The number of benzene rings is 2. The van der Waals surface area contributed by atoms with E-state index in [1.54, 1.807) is 30.3 Å². The van der Waals surface area contributed by atoms with Crippen molar-refractivity contribution >= 4 is 44.9 Å². The van der Waals surface area contributed by atoms with Gasteiger partial charge in [-0.2, -0.15) is 0 Å². The molecule has 0 bridgehead atoms. The van der Waals surface area contributed by atoms with Gasteiger partial charge >= 0.3 is 5.97 Å². The highest BCUT2D eigenvalue weighted by Crippen LogP contribution is 2.43. The summed E-state index contributed by atoms with van der Waals surface area (Å²) in [6, 6.07) is 13.7. The number of hydrogen-bond donors (Lipinski definition) is 2. The molecule has 0 aromatic heterocycles. The maximum absolute atomic E-state index is 12.9. The predicted octanol–water partition coefficient (Wildman–Crippen LogP) is 5.11. The molecule has 6 nitrogen and oxygen atoms in total. The smallest absolute Gasteiger partial charge is 0.304 e. The second kappa shape index (κ2) is 10.7. The largest absolute Gasteiger partial charge is 0.481 e. The van der Waals surface area contributed by atoms with E-state index in [1.165, 1.54) is 6.26 Å². The highest BCUT2D eigenvalue weighted by Gasteiger charge is 2.44. The highest BCUT2D eigenvalue weighted by molar-refractivity contribution is 7.90. The lowest BCUT2D eigenvalue weighted by Crippen LogP contribution is -2.53. The van der Waals surface area contributed by atoms with Crippen LogP contribution in [0.2, 0.25) is 10.0 Å². The topological polar surface area (TPSA) is 101 Å². The third-order valence-corrected chi connectivity index (χ3v) is 8.99. The molecule has 0 radical (unpaired) electrons. The molecule has 3 unspecified atom stereocenters. The molecule has 1 amide bonds. The first-order valence-corrected chi connectivity index (χ1v) is 13.8. The van der Waals surface area contributed by atoms with E-state index in [1.807, 2.05) is 32.0 Å². The van der Waals surface area contributed by atoms with Crippen molar-refractivity contribution in [2.45, 2.75) is 43.9 Å². The van der Waals surface area contributed by atoms with E-state index in [0.717, 1.165) is 5.56 Å². The summed E-state index contributed by atoms with van der Waals surface area (Å²) in [4.78, 5) is 24.2. The van der Waals surface area contributed by atoms with Crippen LogP contribution < -0.4 is 5.32 Å². The van der Waals surface area contributed by atoms with E-state index in [2.05, 4.69) is 5.32 Å². The van der Waals surface area contributed by atoms with E-state index in [0.29, 0.717) is 22.0 Å². The third kappa shape index (κ3) is 6.12. The van der Waals surface area contributed by atoms with Crippen molar-refractivity contribution in [3.05, 3.63) is 69.7 Å². The molecule has 2 N–H and O–H groups in total. The molecule has 1 aliphatic heterocycles. The van der Waals surface area contributed by atoms with Crippen LogP contribution in [0.4, 0.5) is 0 Å². The summed E-state index contributed by atoms with van der Waals surface area (Å²) >= 11 is 12.2. The third-order valence-electron chi connectivity index (χ3n) is 6.88. The van der Waals surface area contributed by atoms with Crippen molar-refractivity contribution in [1.82, 2.24) is 5.32 Å². The van der Waals surface area contributed by atoms with Crippen LogP contribution in [-0.2, 0) is 19.4 Å². The summed E-state index contributed by atoms with van der Waals surface area (Å²) in [5.41, 5.74) is 1.52. The lowest BCUT2D eigenvalue weighted by atomic mass is 9.71. The second-order valence-electron chi connectivity index (χ2n) is 9.25. The quantitative estimate of drug-likeness (QED) is 0.498. The normalized spacial score (nSPS) is 23.6. The van der Waals surface area contributed by atoms with Gasteiger partial charge in [0.05, 0.1) is 11.7 Å². The minimum Gasteiger partial charge on any atom is -0.481 e. The van der Waals surface area contributed by atoms with Crippen LogP contribution in [0, 0.1) is 17.8 Å². The highest BCUT2D eigenvalue weighted by atomic mass is 35.5. The Morgan fingerprint density at radius 3 is 2.32 bits per heavy atom. The molecule has 1 aliphatic rings. The fraction of sp³-hybridized carbons (Fsp3) is 0.440. The first-order valence-electron chi connectivity index (χ1n) is 11.1. The van der Waals surface area contributed by atoms with E-state index in [4.69, 9.17) is 23.2 Å². The number of hydrogen-bond acceptors (Lipinski definition) is 4. The van der Waals surface area contributed by atoms with Crippen molar-refractivity contribution in [2.75, 3.05) is 6.26 Å². The summed E-state index contributed by atoms with van der Waals surface area (Å²) in [5.74, 6) is -2.88. The van der Waals surface area contributed by atoms with Crippen molar-refractivity contribution in [3.8, 4) is 0 Å². The van der Waals surface area contributed by atoms with Gasteiger partial charge < -0.3 is 10.4 Å². The van der Waals surface area contributed by atoms with Gasteiger partial charge in [-0.15, -0.1) is 0 Å². The van der Waals surface area contributed by atoms with Gasteiger partial charge in [-0.25, -0.2) is 8.42 Å². The molecule has 1 fully saturated rings. The molecule has 1 saturated heterocycles. The van der Waals surface area contributed by atoms with Gasteiger partial charge in [0, 0.05) is 34.2 Å². The second-order valence-corrected chi connectivity index (χ2v) is 12.3. The standard InChI is InChI=1S/C25H29Cl2NO5S/c1-14(15(2)24(34(3,32)33)16-7-9-19(26)10-8-16)23-21(17-5-4-6-20(27)11-17)12-18(13-22(29)30)25(31)28-23/h4-11,14-15,18,21,23-24H,12-13H2,1-3H3,(H,28,31)(H,29,30)/t14?,15?,18-,21-,23+,24?/m1/s1. The minimum absolute atomic E-state index is 0.219.